The van der Waals surface area contributed by atoms with E-state index in [2.05, 4.69) is 33.0 Å². The molecule has 0 radical (unpaired) electrons. The minimum atomic E-state index is 0.831. The second-order valence-electron chi connectivity index (χ2n) is 5.72. The van der Waals surface area contributed by atoms with E-state index in [-0.39, 0.29) is 0 Å². The van der Waals surface area contributed by atoms with Crippen LogP contribution in [0.5, 0.6) is 0 Å². The fourth-order valence-electron chi connectivity index (χ4n) is 2.24. The molecule has 0 spiro atoms. The van der Waals surface area contributed by atoms with Crippen LogP contribution in [0.2, 0.25) is 0 Å². The lowest BCUT2D eigenvalue weighted by atomic mass is 9.90. The first-order valence-electron chi connectivity index (χ1n) is 7.93. The van der Waals surface area contributed by atoms with Gasteiger partial charge in [0.1, 0.15) is 0 Å². The van der Waals surface area contributed by atoms with Gasteiger partial charge in [0.15, 0.2) is 0 Å². The van der Waals surface area contributed by atoms with Gasteiger partial charge in [-0.1, -0.05) is 72.6 Å². The molecular formula is C16H35N. The lowest BCUT2D eigenvalue weighted by Gasteiger charge is -2.20. The fourth-order valence-corrected chi connectivity index (χ4v) is 2.24. The smallest absolute Gasteiger partial charge is 0.00206 e. The average molecular weight is 241 g/mol. The molecule has 0 saturated carbocycles. The van der Waals surface area contributed by atoms with Crippen LogP contribution in [0.15, 0.2) is 0 Å². The second kappa shape index (κ2) is 12.4. The molecule has 0 fully saturated rings. The first-order valence-corrected chi connectivity index (χ1v) is 7.93. The highest BCUT2D eigenvalue weighted by Gasteiger charge is 2.10. The summed E-state index contributed by atoms with van der Waals surface area (Å²) in [4.78, 5) is 0. The maximum atomic E-state index is 3.53. The van der Waals surface area contributed by atoms with Crippen LogP contribution in [0, 0.1) is 11.8 Å². The van der Waals surface area contributed by atoms with Crippen molar-refractivity contribution in [2.75, 3.05) is 13.1 Å². The van der Waals surface area contributed by atoms with Crippen LogP contribution in [-0.4, -0.2) is 13.1 Å². The summed E-state index contributed by atoms with van der Waals surface area (Å²) in [6.07, 6.45) is 11.2. The Labute approximate surface area is 110 Å². The Morgan fingerprint density at radius 1 is 0.765 bits per heavy atom. The number of unbranched alkanes of at least 4 members (excludes halogenated alkanes) is 5. The average Bonchev–Trinajstić information content (AvgIpc) is 2.33. The number of rotatable bonds is 12. The van der Waals surface area contributed by atoms with E-state index < -0.39 is 0 Å². The van der Waals surface area contributed by atoms with E-state index in [9.17, 15) is 0 Å². The molecule has 0 rings (SSSR count). The van der Waals surface area contributed by atoms with E-state index in [1.54, 1.807) is 0 Å². The molecule has 2 atom stereocenters. The Bertz CT molecular complexity index is 144. The van der Waals surface area contributed by atoms with E-state index in [1.165, 1.54) is 64.5 Å². The molecule has 0 aromatic heterocycles. The minimum absolute atomic E-state index is 0.831. The van der Waals surface area contributed by atoms with Gasteiger partial charge in [0.2, 0.25) is 0 Å². The Hall–Kier alpha value is -0.0400. The monoisotopic (exact) mass is 241 g/mol. The summed E-state index contributed by atoms with van der Waals surface area (Å²) in [5, 5.41) is 3.53. The van der Waals surface area contributed by atoms with Crippen LogP contribution < -0.4 is 5.32 Å². The van der Waals surface area contributed by atoms with E-state index >= 15 is 0 Å². The quantitative estimate of drug-likeness (QED) is 0.474. The van der Waals surface area contributed by atoms with Gasteiger partial charge in [0.05, 0.1) is 0 Å². The molecule has 0 aliphatic heterocycles. The third-order valence-corrected chi connectivity index (χ3v) is 3.88. The summed E-state index contributed by atoms with van der Waals surface area (Å²) >= 11 is 0. The zero-order valence-electron chi connectivity index (χ0n) is 12.7. The molecule has 0 amide bonds. The van der Waals surface area contributed by atoms with Crippen molar-refractivity contribution in [3.63, 3.8) is 0 Å². The molecule has 0 aromatic rings. The summed E-state index contributed by atoms with van der Waals surface area (Å²) < 4.78 is 0. The van der Waals surface area contributed by atoms with Gasteiger partial charge in [0.25, 0.3) is 0 Å². The number of hydrogen-bond donors (Lipinski definition) is 1. The van der Waals surface area contributed by atoms with E-state index in [0.717, 1.165) is 11.8 Å². The zero-order valence-corrected chi connectivity index (χ0v) is 12.7. The molecule has 0 aliphatic carbocycles. The summed E-state index contributed by atoms with van der Waals surface area (Å²) in [6, 6.07) is 0. The third-order valence-electron chi connectivity index (χ3n) is 3.88. The summed E-state index contributed by atoms with van der Waals surface area (Å²) in [5.74, 6) is 1.71. The minimum Gasteiger partial charge on any atom is -0.316 e. The molecule has 0 saturated heterocycles. The largest absolute Gasteiger partial charge is 0.316 e. The molecule has 1 heteroatoms. The maximum Gasteiger partial charge on any atom is -0.00206 e. The van der Waals surface area contributed by atoms with Gasteiger partial charge in [-0.2, -0.15) is 0 Å². The molecule has 0 heterocycles. The summed E-state index contributed by atoms with van der Waals surface area (Å²) in [5.41, 5.74) is 0. The molecule has 17 heavy (non-hydrogen) atoms. The van der Waals surface area contributed by atoms with Gasteiger partial charge in [-0.3, -0.25) is 0 Å². The van der Waals surface area contributed by atoms with Gasteiger partial charge in [-0.15, -0.1) is 0 Å². The van der Waals surface area contributed by atoms with Gasteiger partial charge in [-0.25, -0.2) is 0 Å². The third kappa shape index (κ3) is 10.8. The second-order valence-corrected chi connectivity index (χ2v) is 5.72. The molecular weight excluding hydrogens is 206 g/mol. The van der Waals surface area contributed by atoms with Gasteiger partial charge < -0.3 is 5.32 Å². The van der Waals surface area contributed by atoms with Crippen molar-refractivity contribution in [1.82, 2.24) is 5.32 Å². The van der Waals surface area contributed by atoms with Crippen molar-refractivity contribution in [2.24, 2.45) is 11.8 Å². The van der Waals surface area contributed by atoms with Crippen LogP contribution in [-0.2, 0) is 0 Å². The predicted molar refractivity (Wildman–Crippen MR) is 79.5 cm³/mol. The highest BCUT2D eigenvalue weighted by Crippen LogP contribution is 2.18. The van der Waals surface area contributed by atoms with Crippen LogP contribution in [0.3, 0.4) is 0 Å². The van der Waals surface area contributed by atoms with Crippen molar-refractivity contribution in [2.45, 2.75) is 79.1 Å². The number of hydrogen-bond acceptors (Lipinski definition) is 1. The predicted octanol–water partition coefficient (Wildman–Crippen LogP) is 5.01. The van der Waals surface area contributed by atoms with Gasteiger partial charge in [0, 0.05) is 0 Å². The van der Waals surface area contributed by atoms with Crippen molar-refractivity contribution in [3.8, 4) is 0 Å². The Morgan fingerprint density at radius 2 is 1.41 bits per heavy atom. The van der Waals surface area contributed by atoms with Crippen LogP contribution >= 0.6 is 0 Å². The molecule has 0 aromatic carbocycles. The topological polar surface area (TPSA) is 12.0 Å². The molecule has 1 nitrogen and oxygen atoms in total. The molecule has 1 N–H and O–H groups in total. The highest BCUT2D eigenvalue weighted by molar-refractivity contribution is 4.64. The van der Waals surface area contributed by atoms with Crippen molar-refractivity contribution in [3.05, 3.63) is 0 Å². The van der Waals surface area contributed by atoms with E-state index in [1.807, 2.05) is 0 Å². The van der Waals surface area contributed by atoms with E-state index in [4.69, 9.17) is 0 Å². The first kappa shape index (κ1) is 17.0. The van der Waals surface area contributed by atoms with Crippen molar-refractivity contribution < 1.29 is 0 Å². The first-order chi connectivity index (χ1) is 8.22. The molecule has 0 bridgehead atoms. The summed E-state index contributed by atoms with van der Waals surface area (Å²) in [6.45, 7) is 11.7. The van der Waals surface area contributed by atoms with Gasteiger partial charge in [-0.05, 0) is 31.3 Å². The van der Waals surface area contributed by atoms with Gasteiger partial charge >= 0.3 is 0 Å². The van der Waals surface area contributed by atoms with Crippen molar-refractivity contribution in [1.29, 1.82) is 0 Å². The standard InChI is InChI=1S/C16H35N/c1-5-7-8-9-10-11-12-15(3)16(4)14-17-13-6-2/h15-17H,5-14H2,1-4H3. The van der Waals surface area contributed by atoms with E-state index in [0.29, 0.717) is 0 Å². The zero-order chi connectivity index (χ0) is 12.9. The highest BCUT2D eigenvalue weighted by atomic mass is 14.8. The van der Waals surface area contributed by atoms with Crippen molar-refractivity contribution >= 4 is 0 Å². The Kier molecular flexibility index (Phi) is 12.4. The van der Waals surface area contributed by atoms with Crippen LogP contribution in [0.1, 0.15) is 79.1 Å². The van der Waals surface area contributed by atoms with Crippen LogP contribution in [0.4, 0.5) is 0 Å². The normalized spacial score (nSPS) is 14.8. The lowest BCUT2D eigenvalue weighted by Crippen LogP contribution is -2.25. The fraction of sp³-hybridized carbons (Fsp3) is 1.00. The number of nitrogens with one attached hydrogen (secondary N) is 1. The Balaban J connectivity index is 3.34. The Morgan fingerprint density at radius 3 is 2.06 bits per heavy atom. The lowest BCUT2D eigenvalue weighted by molar-refractivity contribution is 0.336. The molecule has 104 valence electrons. The van der Waals surface area contributed by atoms with Crippen LogP contribution in [0.25, 0.3) is 0 Å². The molecule has 2 unspecified atom stereocenters. The molecule has 0 aliphatic rings. The SMILES string of the molecule is CCCCCCCCC(C)C(C)CNCCC. The maximum absolute atomic E-state index is 3.53. The summed E-state index contributed by atoms with van der Waals surface area (Å²) in [7, 11) is 0.